The summed E-state index contributed by atoms with van der Waals surface area (Å²) in [6, 6.07) is 0. The van der Waals surface area contributed by atoms with E-state index in [0.29, 0.717) is 0 Å². The van der Waals surface area contributed by atoms with Crippen molar-refractivity contribution in [3.63, 3.8) is 0 Å². The van der Waals surface area contributed by atoms with Gasteiger partial charge >= 0.3 is 29.6 Å². The molecule has 0 fully saturated rings. The number of hydrogen-bond acceptors (Lipinski definition) is 2. The molecule has 0 atom stereocenters. The van der Waals surface area contributed by atoms with Crippen LogP contribution < -0.4 is 0 Å². The molecule has 1 amide bonds. The van der Waals surface area contributed by atoms with E-state index < -0.39 is 0 Å². The van der Waals surface area contributed by atoms with E-state index in [1.807, 2.05) is 25.7 Å². The van der Waals surface area contributed by atoms with Crippen LogP contribution in [0, 0.1) is 0 Å². The molecule has 2 nitrogen and oxygen atoms in total. The molecule has 0 heterocycles. The molecule has 0 rings (SSSR count). The molecule has 0 aliphatic rings. The zero-order chi connectivity index (χ0) is 7.98. The van der Waals surface area contributed by atoms with Crippen LogP contribution >= 0.6 is 11.8 Å². The summed E-state index contributed by atoms with van der Waals surface area (Å²) in [5.74, 6) is 0.870. The van der Waals surface area contributed by atoms with Gasteiger partial charge in [-0.05, 0) is 19.6 Å². The minimum absolute atomic E-state index is 0. The molecule has 0 aromatic heterocycles. The summed E-state index contributed by atoms with van der Waals surface area (Å²) in [5.41, 5.74) is 0. The molecule has 12 heavy (non-hydrogen) atoms. The molecule has 0 radical (unpaired) electrons. The van der Waals surface area contributed by atoms with Crippen molar-refractivity contribution >= 4 is 46.6 Å². The van der Waals surface area contributed by atoms with Crippen LogP contribution in [-0.2, 0) is 0 Å². The molecule has 0 saturated heterocycles. The fraction of sp³-hybridized carbons (Fsp3) is 0.875. The molecular weight excluding hydrogens is 181 g/mol. The second-order valence-corrected chi connectivity index (χ2v) is 3.09. The van der Waals surface area contributed by atoms with Crippen molar-refractivity contribution in [2.24, 2.45) is 0 Å². The first-order valence-electron chi connectivity index (χ1n) is 3.67. The third kappa shape index (κ3) is 7.47. The predicted molar refractivity (Wildman–Crippen MR) is 60.3 cm³/mol. The van der Waals surface area contributed by atoms with Gasteiger partial charge in [0.1, 0.15) is 0 Å². The summed E-state index contributed by atoms with van der Waals surface area (Å²) >= 11 is 1.38. The van der Waals surface area contributed by atoms with Gasteiger partial charge in [-0.15, -0.1) is 0 Å². The Hall–Kier alpha value is 0.820. The van der Waals surface area contributed by atoms with Crippen molar-refractivity contribution in [2.75, 3.05) is 18.8 Å². The van der Waals surface area contributed by atoms with Crippen molar-refractivity contribution in [3.8, 4) is 0 Å². The summed E-state index contributed by atoms with van der Waals surface area (Å²) in [6.45, 7) is 7.63. The van der Waals surface area contributed by atoms with E-state index >= 15 is 0 Å². The van der Waals surface area contributed by atoms with Crippen molar-refractivity contribution < 1.29 is 4.79 Å². The summed E-state index contributed by atoms with van der Waals surface area (Å²) in [5, 5.41) is 0.201. The Morgan fingerprint density at radius 3 is 1.92 bits per heavy atom. The van der Waals surface area contributed by atoms with E-state index in [9.17, 15) is 4.79 Å². The van der Waals surface area contributed by atoms with Crippen LogP contribution in [0.4, 0.5) is 4.79 Å². The average Bonchev–Trinajstić information content (AvgIpc) is 1.91. The SMILES string of the molecule is C.CCSC(=O)N(CC)CC.[NaH]. The van der Waals surface area contributed by atoms with Gasteiger partial charge in [0, 0.05) is 13.1 Å². The van der Waals surface area contributed by atoms with E-state index in [4.69, 9.17) is 0 Å². The Morgan fingerprint density at radius 1 is 1.25 bits per heavy atom. The fourth-order valence-electron chi connectivity index (χ4n) is 0.697. The van der Waals surface area contributed by atoms with Gasteiger partial charge in [-0.1, -0.05) is 26.1 Å². The molecule has 4 heteroatoms. The van der Waals surface area contributed by atoms with Crippen LogP contribution in [0.2, 0.25) is 0 Å². The first kappa shape index (κ1) is 18.6. The first-order valence-corrected chi connectivity index (χ1v) is 4.66. The molecule has 0 unspecified atom stereocenters. The summed E-state index contributed by atoms with van der Waals surface area (Å²) in [4.78, 5) is 12.9. The predicted octanol–water partition coefficient (Wildman–Crippen LogP) is 2.19. The van der Waals surface area contributed by atoms with E-state index in [0.717, 1.165) is 18.8 Å². The van der Waals surface area contributed by atoms with Gasteiger partial charge in [-0.2, -0.15) is 0 Å². The maximum absolute atomic E-state index is 11.1. The summed E-state index contributed by atoms with van der Waals surface area (Å²) < 4.78 is 0. The summed E-state index contributed by atoms with van der Waals surface area (Å²) in [7, 11) is 0. The van der Waals surface area contributed by atoms with Crippen LogP contribution in [0.3, 0.4) is 0 Å². The van der Waals surface area contributed by atoms with Crippen LogP contribution in [-0.4, -0.2) is 58.5 Å². The fourth-order valence-corrected chi connectivity index (χ4v) is 1.38. The van der Waals surface area contributed by atoms with Gasteiger partial charge in [-0.3, -0.25) is 4.79 Å². The van der Waals surface area contributed by atoms with Crippen molar-refractivity contribution in [3.05, 3.63) is 0 Å². The molecule has 70 valence electrons. The zero-order valence-electron chi connectivity index (χ0n) is 6.89. The van der Waals surface area contributed by atoms with E-state index in [1.165, 1.54) is 11.8 Å². The minimum atomic E-state index is 0. The molecule has 0 aromatic rings. The van der Waals surface area contributed by atoms with Gasteiger partial charge in [-0.25, -0.2) is 0 Å². The maximum atomic E-state index is 11.1. The molecule has 0 saturated carbocycles. The number of rotatable bonds is 3. The third-order valence-electron chi connectivity index (χ3n) is 1.29. The first-order chi connectivity index (χ1) is 4.76. The van der Waals surface area contributed by atoms with E-state index in [2.05, 4.69) is 0 Å². The van der Waals surface area contributed by atoms with Gasteiger partial charge in [0.15, 0.2) is 0 Å². The number of carbonyl (C=O) groups excluding carboxylic acids is 1. The Kier molecular flexibility index (Phi) is 18.3. The van der Waals surface area contributed by atoms with Crippen LogP contribution in [0.5, 0.6) is 0 Å². The standard InChI is InChI=1S/C7H15NOS.CH4.Na.H/c1-4-8(5-2)7(9)10-6-3;;;/h4-6H2,1-3H3;1H4;;. The Balaban J connectivity index is -0.000000405. The molecule has 0 aliphatic carbocycles. The number of amides is 1. The van der Waals surface area contributed by atoms with Gasteiger partial charge < -0.3 is 4.90 Å². The van der Waals surface area contributed by atoms with Crippen LogP contribution in [0.15, 0.2) is 0 Å². The van der Waals surface area contributed by atoms with Gasteiger partial charge in [0.25, 0.3) is 5.24 Å². The third-order valence-corrected chi connectivity index (χ3v) is 2.08. The quantitative estimate of drug-likeness (QED) is 0.652. The second-order valence-electron chi connectivity index (χ2n) is 1.87. The molecule has 0 aliphatic heterocycles. The van der Waals surface area contributed by atoms with Crippen molar-refractivity contribution in [2.45, 2.75) is 28.2 Å². The average molecular weight is 201 g/mol. The number of carbonyl (C=O) groups is 1. The number of hydrogen-bond donors (Lipinski definition) is 0. The zero-order valence-corrected chi connectivity index (χ0v) is 7.70. The number of thioether (sulfide) groups is 1. The molecule has 0 aromatic carbocycles. The van der Waals surface area contributed by atoms with Crippen molar-refractivity contribution in [1.82, 2.24) is 4.90 Å². The Morgan fingerprint density at radius 2 is 1.67 bits per heavy atom. The van der Waals surface area contributed by atoms with Gasteiger partial charge in [0.2, 0.25) is 0 Å². The molecule has 0 bridgehead atoms. The number of nitrogens with zero attached hydrogens (tertiary/aromatic N) is 1. The molecule has 0 N–H and O–H groups in total. The molecule has 0 spiro atoms. The van der Waals surface area contributed by atoms with Gasteiger partial charge in [0.05, 0.1) is 0 Å². The molecular formula is C8H20NNaOS. The van der Waals surface area contributed by atoms with Crippen LogP contribution in [0.25, 0.3) is 0 Å². The Bertz CT molecular complexity index is 107. The van der Waals surface area contributed by atoms with E-state index in [1.54, 1.807) is 0 Å². The Labute approximate surface area is 103 Å². The van der Waals surface area contributed by atoms with Crippen molar-refractivity contribution in [1.29, 1.82) is 0 Å². The van der Waals surface area contributed by atoms with Crippen LogP contribution in [0.1, 0.15) is 28.2 Å². The topological polar surface area (TPSA) is 20.3 Å². The summed E-state index contributed by atoms with van der Waals surface area (Å²) in [6.07, 6.45) is 0. The normalized spacial score (nSPS) is 7.92. The second kappa shape index (κ2) is 11.8. The van der Waals surface area contributed by atoms with E-state index in [-0.39, 0.29) is 42.2 Å². The monoisotopic (exact) mass is 201 g/mol.